The van der Waals surface area contributed by atoms with E-state index in [1.165, 1.54) is 6.42 Å². The lowest BCUT2D eigenvalue weighted by molar-refractivity contribution is -0.0444. The van der Waals surface area contributed by atoms with Crippen molar-refractivity contribution >= 4 is 35.7 Å². The van der Waals surface area contributed by atoms with E-state index >= 15 is 0 Å². The SMILES string of the molecule is C=C[C@@H]1CN2CC[C@@H]1C[C@@H]2[C@@H](O)c1ccnc2ccc(OC)cc12.Cl.Cl. The fourth-order valence-electron chi connectivity index (χ4n) is 4.44. The molecule has 142 valence electrons. The van der Waals surface area contributed by atoms with Crippen LogP contribution in [0, 0.1) is 11.8 Å². The van der Waals surface area contributed by atoms with Crippen LogP contribution in [0.2, 0.25) is 0 Å². The molecule has 1 unspecified atom stereocenters. The van der Waals surface area contributed by atoms with Crippen LogP contribution < -0.4 is 4.74 Å². The number of ether oxygens (including phenoxy) is 1. The van der Waals surface area contributed by atoms with Gasteiger partial charge in [-0.25, -0.2) is 0 Å². The van der Waals surface area contributed by atoms with E-state index in [1.54, 1.807) is 13.3 Å². The van der Waals surface area contributed by atoms with E-state index in [0.29, 0.717) is 11.8 Å². The van der Waals surface area contributed by atoms with Crippen molar-refractivity contribution in [3.8, 4) is 5.75 Å². The van der Waals surface area contributed by atoms with Gasteiger partial charge in [0, 0.05) is 24.2 Å². The summed E-state index contributed by atoms with van der Waals surface area (Å²) in [7, 11) is 1.66. The number of benzene rings is 1. The van der Waals surface area contributed by atoms with Gasteiger partial charge in [0.05, 0.1) is 18.7 Å². The fourth-order valence-corrected chi connectivity index (χ4v) is 4.44. The Hall–Kier alpha value is -1.33. The van der Waals surface area contributed by atoms with Crippen molar-refractivity contribution in [1.29, 1.82) is 0 Å². The highest BCUT2D eigenvalue weighted by atomic mass is 35.5. The van der Waals surface area contributed by atoms with E-state index in [-0.39, 0.29) is 30.9 Å². The zero-order valence-electron chi connectivity index (χ0n) is 14.9. The molecule has 1 N–H and O–H groups in total. The normalized spacial score (nSPS) is 27.9. The first kappa shape index (κ1) is 21.0. The molecule has 4 nitrogen and oxygen atoms in total. The second-order valence-electron chi connectivity index (χ2n) is 6.97. The number of aliphatic hydroxyl groups is 1. The lowest BCUT2D eigenvalue weighted by Crippen LogP contribution is -2.54. The highest BCUT2D eigenvalue weighted by Gasteiger charge is 2.42. The molecule has 0 saturated carbocycles. The molecule has 3 aliphatic rings. The first-order valence-corrected chi connectivity index (χ1v) is 8.68. The number of halogens is 2. The third-order valence-electron chi connectivity index (χ3n) is 5.82. The summed E-state index contributed by atoms with van der Waals surface area (Å²) in [5.41, 5.74) is 1.85. The van der Waals surface area contributed by atoms with Gasteiger partial charge in [-0.1, -0.05) is 6.08 Å². The summed E-state index contributed by atoms with van der Waals surface area (Å²) in [6.45, 7) is 6.07. The Balaban J connectivity index is 0.00000121. The summed E-state index contributed by atoms with van der Waals surface area (Å²) in [6, 6.07) is 7.96. The van der Waals surface area contributed by atoms with Gasteiger partial charge in [0.1, 0.15) is 5.75 Å². The molecule has 3 fully saturated rings. The minimum Gasteiger partial charge on any atom is -0.497 e. The summed E-state index contributed by atoms with van der Waals surface area (Å²) >= 11 is 0. The molecule has 0 spiro atoms. The van der Waals surface area contributed by atoms with Gasteiger partial charge in [0.2, 0.25) is 0 Å². The molecule has 5 atom stereocenters. The van der Waals surface area contributed by atoms with Crippen LogP contribution >= 0.6 is 24.8 Å². The molecule has 3 saturated heterocycles. The lowest BCUT2D eigenvalue weighted by atomic mass is 9.73. The van der Waals surface area contributed by atoms with Crippen LogP contribution in [-0.2, 0) is 0 Å². The van der Waals surface area contributed by atoms with Crippen molar-refractivity contribution in [3.05, 3.63) is 48.7 Å². The quantitative estimate of drug-likeness (QED) is 0.792. The Morgan fingerprint density at radius 2 is 2.15 bits per heavy atom. The predicted molar refractivity (Wildman–Crippen MR) is 110 cm³/mol. The first-order valence-electron chi connectivity index (χ1n) is 8.68. The standard InChI is InChI=1S/C20H24N2O2.2ClH/c1-3-13-12-22-9-7-14(13)10-19(22)20(23)16-6-8-21-18-5-4-15(24-2)11-17(16)18;;/h3-6,8,11,13-14,19-20,23H,1,7,9-10,12H2,2H3;2*1H/t13-,14-,19-,20+;;/m1../s1. The monoisotopic (exact) mass is 396 g/mol. The molecule has 1 aromatic carbocycles. The Labute approximate surface area is 167 Å². The molecule has 0 amide bonds. The summed E-state index contributed by atoms with van der Waals surface area (Å²) in [6.07, 6.45) is 5.62. The van der Waals surface area contributed by atoms with Crippen molar-refractivity contribution in [1.82, 2.24) is 9.88 Å². The first-order chi connectivity index (χ1) is 11.7. The molecule has 6 heteroatoms. The molecule has 2 aromatic rings. The minimum atomic E-state index is -0.504. The minimum absolute atomic E-state index is 0. The maximum absolute atomic E-state index is 11.2. The molecule has 26 heavy (non-hydrogen) atoms. The molecule has 4 heterocycles. The van der Waals surface area contributed by atoms with Crippen LogP contribution in [0.25, 0.3) is 10.9 Å². The average Bonchev–Trinajstić information content (AvgIpc) is 2.66. The summed E-state index contributed by atoms with van der Waals surface area (Å²) in [4.78, 5) is 6.86. The zero-order valence-corrected chi connectivity index (χ0v) is 16.5. The van der Waals surface area contributed by atoms with Gasteiger partial charge in [-0.2, -0.15) is 0 Å². The van der Waals surface area contributed by atoms with Crippen LogP contribution in [0.3, 0.4) is 0 Å². The maximum atomic E-state index is 11.2. The van der Waals surface area contributed by atoms with Gasteiger partial charge in [-0.15, -0.1) is 31.4 Å². The van der Waals surface area contributed by atoms with Gasteiger partial charge in [-0.3, -0.25) is 9.88 Å². The van der Waals surface area contributed by atoms with E-state index in [1.807, 2.05) is 24.3 Å². The number of pyridine rings is 1. The third kappa shape index (κ3) is 3.56. The second-order valence-corrected chi connectivity index (χ2v) is 6.97. The number of hydrogen-bond donors (Lipinski definition) is 1. The Morgan fingerprint density at radius 1 is 1.35 bits per heavy atom. The van der Waals surface area contributed by atoms with E-state index in [9.17, 15) is 5.11 Å². The van der Waals surface area contributed by atoms with Crippen molar-refractivity contribution in [2.45, 2.75) is 25.0 Å². The fraction of sp³-hybridized carbons (Fsp3) is 0.450. The van der Waals surface area contributed by atoms with E-state index in [0.717, 1.165) is 41.7 Å². The van der Waals surface area contributed by atoms with Gasteiger partial charge < -0.3 is 9.84 Å². The number of nitrogens with zero attached hydrogens (tertiary/aromatic N) is 2. The predicted octanol–water partition coefficient (Wildman–Crippen LogP) is 4.02. The van der Waals surface area contributed by atoms with Crippen LogP contribution in [-0.4, -0.2) is 41.2 Å². The summed E-state index contributed by atoms with van der Waals surface area (Å²) < 4.78 is 5.35. The Morgan fingerprint density at radius 3 is 2.81 bits per heavy atom. The number of methoxy groups -OCH3 is 1. The van der Waals surface area contributed by atoms with Crippen LogP contribution in [0.1, 0.15) is 24.5 Å². The molecular weight excluding hydrogens is 371 g/mol. The third-order valence-corrected chi connectivity index (χ3v) is 5.82. The largest absolute Gasteiger partial charge is 0.497 e. The number of fused-ring (bicyclic) bond motifs is 4. The second kappa shape index (κ2) is 8.57. The summed E-state index contributed by atoms with van der Waals surface area (Å²) in [5, 5.41) is 12.1. The highest BCUT2D eigenvalue weighted by Crippen LogP contribution is 2.42. The van der Waals surface area contributed by atoms with E-state index in [2.05, 4.69) is 22.5 Å². The van der Waals surface area contributed by atoms with Crippen molar-refractivity contribution in [2.24, 2.45) is 11.8 Å². The molecule has 0 radical (unpaired) electrons. The van der Waals surface area contributed by atoms with E-state index in [4.69, 9.17) is 4.74 Å². The topological polar surface area (TPSA) is 45.6 Å². The zero-order chi connectivity index (χ0) is 16.7. The maximum Gasteiger partial charge on any atom is 0.119 e. The van der Waals surface area contributed by atoms with Crippen LogP contribution in [0.15, 0.2) is 43.1 Å². The van der Waals surface area contributed by atoms with E-state index < -0.39 is 6.10 Å². The molecular formula is C20H26Cl2N2O2. The van der Waals surface area contributed by atoms with Gasteiger partial charge in [0.25, 0.3) is 0 Å². The number of hydrogen-bond acceptors (Lipinski definition) is 4. The van der Waals surface area contributed by atoms with Crippen LogP contribution in [0.4, 0.5) is 0 Å². The van der Waals surface area contributed by atoms with Crippen molar-refractivity contribution in [2.75, 3.05) is 20.2 Å². The molecule has 0 aliphatic carbocycles. The molecule has 5 rings (SSSR count). The molecule has 1 aromatic heterocycles. The van der Waals surface area contributed by atoms with Crippen molar-refractivity contribution < 1.29 is 9.84 Å². The van der Waals surface area contributed by atoms with Crippen molar-refractivity contribution in [3.63, 3.8) is 0 Å². The Bertz CT molecular complexity index is 771. The van der Waals surface area contributed by atoms with Gasteiger partial charge in [0.15, 0.2) is 0 Å². The highest BCUT2D eigenvalue weighted by molar-refractivity contribution is 5.85. The average molecular weight is 397 g/mol. The number of piperidine rings is 3. The van der Waals surface area contributed by atoms with Crippen LogP contribution in [0.5, 0.6) is 5.75 Å². The lowest BCUT2D eigenvalue weighted by Gasteiger charge is -2.50. The molecule has 3 aliphatic heterocycles. The smallest absolute Gasteiger partial charge is 0.119 e. The number of aliphatic hydroxyl groups excluding tert-OH is 1. The van der Waals surface area contributed by atoms with Gasteiger partial charge >= 0.3 is 0 Å². The van der Waals surface area contributed by atoms with Gasteiger partial charge in [-0.05, 0) is 61.1 Å². The Kier molecular flexibility index (Phi) is 6.92. The molecule has 2 bridgehead atoms. The summed E-state index contributed by atoms with van der Waals surface area (Å²) in [5.74, 6) is 2.01. The number of rotatable bonds is 4. The number of aromatic nitrogens is 1.